The van der Waals surface area contributed by atoms with Gasteiger partial charge in [-0.05, 0) is 28.2 Å². The Morgan fingerprint density at radius 2 is 1.77 bits per heavy atom. The first-order valence-corrected chi connectivity index (χ1v) is 3.78. The zero-order valence-electron chi connectivity index (χ0n) is 10.6. The highest BCUT2D eigenvalue weighted by atomic mass is 16.4. The molecule has 0 saturated carbocycles. The molecule has 0 heterocycles. The van der Waals surface area contributed by atoms with Crippen molar-refractivity contribution < 1.29 is 17.7 Å². The maximum Gasteiger partial charge on any atom is 0.317 e. The molecule has 5 heteroatoms. The second-order valence-electron chi connectivity index (χ2n) is 3.03. The maximum absolute atomic E-state index is 9.77. The molecule has 0 aliphatic rings. The molecule has 0 aliphatic carbocycles. The third-order valence-corrected chi connectivity index (χ3v) is 0.838. The van der Waals surface area contributed by atoms with E-state index in [1.165, 1.54) is 0 Å². The van der Waals surface area contributed by atoms with Crippen LogP contribution in [-0.2, 0) is 4.79 Å². The Kier molecular flexibility index (Phi) is 7.57. The molecule has 0 atom stereocenters. The van der Waals surface area contributed by atoms with E-state index in [1.807, 2.05) is 0 Å². The van der Waals surface area contributed by atoms with Crippen LogP contribution in [0.3, 0.4) is 0 Å². The third kappa shape index (κ3) is 24.6. The smallest absolute Gasteiger partial charge is 0.317 e. The first-order valence-electron chi connectivity index (χ1n) is 4.78. The monoisotopic (exact) mass is 194 g/mol. The standard InChI is InChI=1S/C4H9NO2.C4H11NO/c1-5(2)3-4(6)7;1-5(2)3-4-6/h3H2,1-2H3,(H,6,7);6H,3-4H2,1-2H3/i;4D2. The van der Waals surface area contributed by atoms with E-state index in [-0.39, 0.29) is 13.1 Å². The molecule has 0 rings (SSSR count). The lowest BCUT2D eigenvalue weighted by atomic mass is 10.6. The number of carbonyl (C=O) groups is 1. The van der Waals surface area contributed by atoms with Crippen LogP contribution < -0.4 is 0 Å². The molecule has 0 aliphatic heterocycles. The maximum atomic E-state index is 9.77. The molecular formula is C8H20N2O3. The third-order valence-electron chi connectivity index (χ3n) is 0.838. The van der Waals surface area contributed by atoms with E-state index >= 15 is 0 Å². The van der Waals surface area contributed by atoms with Crippen LogP contribution in [0.4, 0.5) is 0 Å². The summed E-state index contributed by atoms with van der Waals surface area (Å²) in [6.07, 6.45) is 0. The molecule has 0 radical (unpaired) electrons. The van der Waals surface area contributed by atoms with Crippen molar-refractivity contribution in [3.63, 3.8) is 0 Å². The van der Waals surface area contributed by atoms with E-state index in [1.54, 1.807) is 38.0 Å². The Labute approximate surface area is 82.4 Å². The quantitative estimate of drug-likeness (QED) is 0.612. The Morgan fingerprint density at radius 1 is 1.31 bits per heavy atom. The molecule has 0 spiro atoms. The lowest BCUT2D eigenvalue weighted by Gasteiger charge is -2.03. The molecule has 0 aromatic rings. The van der Waals surface area contributed by atoms with Crippen molar-refractivity contribution in [1.82, 2.24) is 9.80 Å². The summed E-state index contributed by atoms with van der Waals surface area (Å²) >= 11 is 0. The molecule has 0 fully saturated rings. The van der Waals surface area contributed by atoms with Crippen molar-refractivity contribution in [1.29, 1.82) is 0 Å². The molecule has 13 heavy (non-hydrogen) atoms. The van der Waals surface area contributed by atoms with Crippen LogP contribution in [0, 0.1) is 0 Å². The molecule has 0 amide bonds. The summed E-state index contributed by atoms with van der Waals surface area (Å²) < 4.78 is 13.3. The first kappa shape index (κ1) is 10.4. The summed E-state index contributed by atoms with van der Waals surface area (Å²) in [5.41, 5.74) is 0. The number of carboxylic acid groups (broad SMARTS) is 1. The Morgan fingerprint density at radius 3 is 1.77 bits per heavy atom. The van der Waals surface area contributed by atoms with Crippen LogP contribution in [0.1, 0.15) is 2.74 Å². The van der Waals surface area contributed by atoms with Crippen LogP contribution in [0.15, 0.2) is 0 Å². The van der Waals surface area contributed by atoms with Gasteiger partial charge in [-0.2, -0.15) is 0 Å². The normalized spacial score (nSPS) is 13.2. The molecule has 0 saturated heterocycles. The minimum Gasteiger partial charge on any atom is -0.480 e. The van der Waals surface area contributed by atoms with Crippen LogP contribution in [-0.4, -0.2) is 73.8 Å². The van der Waals surface area contributed by atoms with Crippen LogP contribution in [0.2, 0.25) is 0 Å². The topological polar surface area (TPSA) is 64.0 Å². The minimum absolute atomic E-state index is 0.0486. The van der Waals surface area contributed by atoms with Gasteiger partial charge in [0.15, 0.2) is 0 Å². The van der Waals surface area contributed by atoms with Gasteiger partial charge in [-0.1, -0.05) is 0 Å². The fourth-order valence-electron chi connectivity index (χ4n) is 0.412. The summed E-state index contributed by atoms with van der Waals surface area (Å²) in [5, 5.41) is 16.5. The second-order valence-corrected chi connectivity index (χ2v) is 3.03. The number of aliphatic hydroxyl groups is 1. The van der Waals surface area contributed by atoms with Gasteiger partial charge < -0.3 is 15.1 Å². The van der Waals surface area contributed by atoms with Crippen molar-refractivity contribution in [3.8, 4) is 0 Å². The molecule has 0 aromatic carbocycles. The number of hydrogen-bond donors (Lipinski definition) is 2. The molecule has 80 valence electrons. The van der Waals surface area contributed by atoms with Crippen molar-refractivity contribution >= 4 is 5.97 Å². The molecule has 0 bridgehead atoms. The number of nitrogens with zero attached hydrogens (tertiary/aromatic N) is 2. The van der Waals surface area contributed by atoms with Gasteiger partial charge in [0.1, 0.15) is 0 Å². The fourth-order valence-corrected chi connectivity index (χ4v) is 0.412. The SMILES string of the molecule is CN(C)CC(=O)O.[2H]C([2H])(O)CN(C)C. The van der Waals surface area contributed by atoms with Crippen molar-refractivity contribution in [3.05, 3.63) is 0 Å². The Balaban J connectivity index is 0. The first-order chi connectivity index (χ1) is 6.54. The largest absolute Gasteiger partial charge is 0.480 e. The zero-order valence-corrected chi connectivity index (χ0v) is 8.61. The number of rotatable bonds is 4. The van der Waals surface area contributed by atoms with Gasteiger partial charge in [0.05, 0.1) is 15.8 Å². The number of hydrogen-bond acceptors (Lipinski definition) is 4. The zero-order chi connectivity index (χ0) is 12.6. The minimum atomic E-state index is -2.05. The number of likely N-dealkylation sites (N-methyl/N-ethyl adjacent to an activating group) is 2. The van der Waals surface area contributed by atoms with Crippen LogP contribution in [0.25, 0.3) is 0 Å². The van der Waals surface area contributed by atoms with E-state index in [2.05, 4.69) is 0 Å². The van der Waals surface area contributed by atoms with Crippen molar-refractivity contribution in [2.45, 2.75) is 0 Å². The van der Waals surface area contributed by atoms with E-state index in [0.29, 0.717) is 0 Å². The molecular weight excluding hydrogens is 172 g/mol. The van der Waals surface area contributed by atoms with Gasteiger partial charge >= 0.3 is 5.97 Å². The highest BCUT2D eigenvalue weighted by molar-refractivity contribution is 5.68. The predicted octanol–water partition coefficient (Wildman–Crippen LogP) is -0.827. The molecule has 5 nitrogen and oxygen atoms in total. The highest BCUT2D eigenvalue weighted by Crippen LogP contribution is 1.69. The Hall–Kier alpha value is -0.650. The number of carboxylic acids is 1. The summed E-state index contributed by atoms with van der Waals surface area (Å²) in [6, 6.07) is 0. The molecule has 0 aromatic heterocycles. The summed E-state index contributed by atoms with van der Waals surface area (Å²) in [5.74, 6) is -0.787. The average Bonchev–Trinajstić information content (AvgIpc) is 1.76. The summed E-state index contributed by atoms with van der Waals surface area (Å²) in [4.78, 5) is 13.0. The van der Waals surface area contributed by atoms with E-state index in [4.69, 9.17) is 13.0 Å². The lowest BCUT2D eigenvalue weighted by Crippen LogP contribution is -2.20. The van der Waals surface area contributed by atoms with Gasteiger partial charge in [0, 0.05) is 6.54 Å². The molecule has 2 N–H and O–H groups in total. The van der Waals surface area contributed by atoms with Gasteiger partial charge in [-0.3, -0.25) is 9.69 Å². The lowest BCUT2D eigenvalue weighted by molar-refractivity contribution is -0.137. The molecule has 0 unspecified atom stereocenters. The van der Waals surface area contributed by atoms with Gasteiger partial charge in [0.2, 0.25) is 0 Å². The summed E-state index contributed by atoms with van der Waals surface area (Å²) in [7, 11) is 6.84. The number of aliphatic carboxylic acids is 1. The second kappa shape index (κ2) is 9.44. The fraction of sp³-hybridized carbons (Fsp3) is 0.875. The van der Waals surface area contributed by atoms with E-state index in [0.717, 1.165) is 0 Å². The van der Waals surface area contributed by atoms with E-state index < -0.39 is 12.5 Å². The van der Waals surface area contributed by atoms with Gasteiger partial charge in [0.25, 0.3) is 0 Å². The van der Waals surface area contributed by atoms with Crippen molar-refractivity contribution in [2.24, 2.45) is 0 Å². The average molecular weight is 194 g/mol. The van der Waals surface area contributed by atoms with Crippen LogP contribution >= 0.6 is 0 Å². The van der Waals surface area contributed by atoms with Crippen molar-refractivity contribution in [2.75, 3.05) is 47.8 Å². The van der Waals surface area contributed by atoms with Gasteiger partial charge in [-0.25, -0.2) is 0 Å². The summed E-state index contributed by atoms with van der Waals surface area (Å²) in [6.45, 7) is -1.89. The van der Waals surface area contributed by atoms with E-state index in [9.17, 15) is 4.79 Å². The Bertz CT molecular complexity index is 181. The van der Waals surface area contributed by atoms with Gasteiger partial charge in [-0.15, -0.1) is 0 Å². The van der Waals surface area contributed by atoms with Crippen LogP contribution in [0.5, 0.6) is 0 Å². The predicted molar refractivity (Wildman–Crippen MR) is 51.8 cm³/mol. The highest BCUT2D eigenvalue weighted by Gasteiger charge is 1.94.